The Kier molecular flexibility index (Phi) is 36.9. The van der Waals surface area contributed by atoms with E-state index in [1.807, 2.05) is 0 Å². The molecule has 242 valence electrons. The van der Waals surface area contributed by atoms with Gasteiger partial charge in [-0.05, 0) is 64.2 Å². The van der Waals surface area contributed by atoms with Gasteiger partial charge in [0.25, 0.3) is 0 Å². The molecule has 0 bridgehead atoms. The van der Waals surface area contributed by atoms with E-state index in [-0.39, 0.29) is 6.10 Å². The third kappa shape index (κ3) is 43.0. The number of aliphatic hydroxyl groups is 1. The molecule has 0 amide bonds. The van der Waals surface area contributed by atoms with E-state index in [2.05, 4.69) is 38.2 Å². The zero-order valence-corrected chi connectivity index (χ0v) is 27.1. The summed E-state index contributed by atoms with van der Waals surface area (Å²) in [5, 5.41) is 26.8. The molecule has 5 nitrogen and oxygen atoms in total. The van der Waals surface area contributed by atoms with E-state index >= 15 is 0 Å². The Morgan fingerprint density at radius 3 is 1.24 bits per heavy atom. The molecule has 0 unspecified atom stereocenters. The number of carboxylic acid groups (broad SMARTS) is 2. The molecule has 0 heterocycles. The molecule has 0 aromatic carbocycles. The standard InChI is InChI=1S/C18H34O3.C18H34O2/c1-2-3-4-11-14-17(19)15-12-9-7-5-6-8-10-13-16-18(20)21;1-2-3-4-5-6-7-8-9-10-11-12-13-14-15-16-17-18(19)20/h9,12,17,19H,2-8,10-11,13-16H2,1H3,(H,20,21);9-10H,2-8,11-17H2,1H3,(H,19,20)/b12-9+;/t17-;/m1./s1. The number of carbonyl (C=O) groups is 2. The molecule has 0 rings (SSSR count). The largest absolute Gasteiger partial charge is 0.481 e. The summed E-state index contributed by atoms with van der Waals surface area (Å²) >= 11 is 0. The number of carboxylic acids is 2. The minimum Gasteiger partial charge on any atom is -0.481 e. The summed E-state index contributed by atoms with van der Waals surface area (Å²) in [6, 6.07) is 0. The first kappa shape index (κ1) is 41.5. The molecule has 0 fully saturated rings. The van der Waals surface area contributed by atoms with Gasteiger partial charge in [-0.15, -0.1) is 0 Å². The molecule has 0 radical (unpaired) electrons. The Morgan fingerprint density at radius 1 is 0.488 bits per heavy atom. The van der Waals surface area contributed by atoms with Gasteiger partial charge in [0.15, 0.2) is 0 Å². The summed E-state index contributed by atoms with van der Waals surface area (Å²) in [5.41, 5.74) is 0. The molecule has 0 spiro atoms. The summed E-state index contributed by atoms with van der Waals surface area (Å²) in [4.78, 5) is 20.7. The fraction of sp³-hybridized carbons (Fsp3) is 0.833. The van der Waals surface area contributed by atoms with Gasteiger partial charge in [-0.1, -0.05) is 134 Å². The van der Waals surface area contributed by atoms with Crippen molar-refractivity contribution in [2.24, 2.45) is 0 Å². The van der Waals surface area contributed by atoms with Crippen molar-refractivity contribution in [2.45, 2.75) is 193 Å². The molecule has 0 aromatic rings. The molecular formula is C36H68O5. The van der Waals surface area contributed by atoms with Crippen molar-refractivity contribution in [1.29, 1.82) is 0 Å². The number of allylic oxidation sites excluding steroid dienone is 3. The summed E-state index contributed by atoms with van der Waals surface area (Å²) in [6.07, 6.45) is 38.6. The lowest BCUT2D eigenvalue weighted by atomic mass is 10.1. The van der Waals surface area contributed by atoms with E-state index < -0.39 is 11.9 Å². The average Bonchev–Trinajstić information content (AvgIpc) is 2.94. The Labute approximate surface area is 254 Å². The molecule has 0 saturated carbocycles. The first-order chi connectivity index (χ1) is 19.9. The highest BCUT2D eigenvalue weighted by Gasteiger charge is 2.01. The summed E-state index contributed by atoms with van der Waals surface area (Å²) in [7, 11) is 0. The number of hydrogen-bond donors (Lipinski definition) is 3. The van der Waals surface area contributed by atoms with Gasteiger partial charge in [-0.3, -0.25) is 9.59 Å². The van der Waals surface area contributed by atoms with Crippen LogP contribution in [0.2, 0.25) is 0 Å². The van der Waals surface area contributed by atoms with Crippen LogP contribution >= 0.6 is 0 Å². The van der Waals surface area contributed by atoms with Gasteiger partial charge in [0, 0.05) is 12.8 Å². The third-order valence-electron chi connectivity index (χ3n) is 7.38. The highest BCUT2D eigenvalue weighted by atomic mass is 16.4. The second kappa shape index (κ2) is 36.4. The van der Waals surface area contributed by atoms with Gasteiger partial charge in [-0.2, -0.15) is 0 Å². The van der Waals surface area contributed by atoms with Crippen molar-refractivity contribution in [1.82, 2.24) is 0 Å². The molecule has 0 saturated heterocycles. The van der Waals surface area contributed by atoms with Crippen molar-refractivity contribution < 1.29 is 24.9 Å². The summed E-state index contributed by atoms with van der Waals surface area (Å²) in [6.45, 7) is 4.46. The van der Waals surface area contributed by atoms with Gasteiger partial charge >= 0.3 is 11.9 Å². The normalized spacial score (nSPS) is 12.1. The van der Waals surface area contributed by atoms with Crippen LogP contribution in [-0.4, -0.2) is 33.4 Å². The van der Waals surface area contributed by atoms with Crippen LogP contribution in [0.4, 0.5) is 0 Å². The number of unbranched alkanes of at least 4 members (excludes halogenated alkanes) is 19. The number of aliphatic hydroxyl groups excluding tert-OH is 1. The second-order valence-corrected chi connectivity index (χ2v) is 11.6. The molecule has 0 aliphatic rings. The smallest absolute Gasteiger partial charge is 0.303 e. The van der Waals surface area contributed by atoms with Gasteiger partial charge in [0.2, 0.25) is 0 Å². The van der Waals surface area contributed by atoms with E-state index in [0.717, 1.165) is 64.2 Å². The van der Waals surface area contributed by atoms with Crippen molar-refractivity contribution in [3.05, 3.63) is 24.3 Å². The first-order valence-electron chi connectivity index (χ1n) is 17.4. The molecule has 0 aromatic heterocycles. The van der Waals surface area contributed by atoms with Gasteiger partial charge in [-0.25, -0.2) is 0 Å². The quantitative estimate of drug-likeness (QED) is 0.0580. The highest BCUT2D eigenvalue weighted by Crippen LogP contribution is 2.11. The minimum absolute atomic E-state index is 0.172. The highest BCUT2D eigenvalue weighted by molar-refractivity contribution is 5.66. The van der Waals surface area contributed by atoms with Crippen LogP contribution in [0.25, 0.3) is 0 Å². The SMILES string of the molecule is CCCCCCCCC=CCCCCCCCC(=O)O.CCCCCC[C@@H](O)C/C=C/CCCCCCCC(=O)O. The molecule has 1 atom stereocenters. The van der Waals surface area contributed by atoms with Crippen LogP contribution < -0.4 is 0 Å². The van der Waals surface area contributed by atoms with Crippen LogP contribution in [0, 0.1) is 0 Å². The van der Waals surface area contributed by atoms with Crippen LogP contribution in [-0.2, 0) is 9.59 Å². The summed E-state index contributed by atoms with van der Waals surface area (Å²) in [5.74, 6) is -1.35. The average molecular weight is 581 g/mol. The number of hydrogen-bond acceptors (Lipinski definition) is 3. The van der Waals surface area contributed by atoms with Crippen LogP contribution in [0.3, 0.4) is 0 Å². The van der Waals surface area contributed by atoms with Crippen LogP contribution in [0.5, 0.6) is 0 Å². The topological polar surface area (TPSA) is 94.8 Å². The zero-order chi connectivity index (χ0) is 30.7. The first-order valence-corrected chi connectivity index (χ1v) is 17.4. The summed E-state index contributed by atoms with van der Waals surface area (Å²) < 4.78 is 0. The Hall–Kier alpha value is -1.62. The lowest BCUT2D eigenvalue weighted by molar-refractivity contribution is -0.138. The molecule has 0 aliphatic heterocycles. The van der Waals surface area contributed by atoms with Crippen LogP contribution in [0.1, 0.15) is 187 Å². The van der Waals surface area contributed by atoms with E-state index in [1.165, 1.54) is 96.3 Å². The van der Waals surface area contributed by atoms with E-state index in [0.29, 0.717) is 12.8 Å². The van der Waals surface area contributed by atoms with Crippen molar-refractivity contribution in [3.8, 4) is 0 Å². The molecule has 3 N–H and O–H groups in total. The molecule has 0 aliphatic carbocycles. The molecule has 41 heavy (non-hydrogen) atoms. The number of rotatable bonds is 30. The van der Waals surface area contributed by atoms with Crippen molar-refractivity contribution in [2.75, 3.05) is 0 Å². The second-order valence-electron chi connectivity index (χ2n) is 11.6. The third-order valence-corrected chi connectivity index (χ3v) is 7.38. The maximum absolute atomic E-state index is 10.3. The Morgan fingerprint density at radius 2 is 0.829 bits per heavy atom. The van der Waals surface area contributed by atoms with E-state index in [1.54, 1.807) is 0 Å². The zero-order valence-electron chi connectivity index (χ0n) is 27.1. The Balaban J connectivity index is 0. The Bertz CT molecular complexity index is 599. The fourth-order valence-electron chi connectivity index (χ4n) is 4.71. The molecule has 5 heteroatoms. The number of aliphatic carboxylic acids is 2. The monoisotopic (exact) mass is 581 g/mol. The molecular weight excluding hydrogens is 512 g/mol. The predicted octanol–water partition coefficient (Wildman–Crippen LogP) is 11.2. The van der Waals surface area contributed by atoms with E-state index in [4.69, 9.17) is 10.2 Å². The maximum Gasteiger partial charge on any atom is 0.303 e. The van der Waals surface area contributed by atoms with Gasteiger partial charge in [0.1, 0.15) is 0 Å². The fourth-order valence-corrected chi connectivity index (χ4v) is 4.71. The lowest BCUT2D eigenvalue weighted by Gasteiger charge is -2.07. The van der Waals surface area contributed by atoms with Gasteiger partial charge < -0.3 is 15.3 Å². The maximum atomic E-state index is 10.3. The van der Waals surface area contributed by atoms with Crippen molar-refractivity contribution in [3.63, 3.8) is 0 Å². The lowest BCUT2D eigenvalue weighted by Crippen LogP contribution is -2.04. The van der Waals surface area contributed by atoms with Crippen LogP contribution in [0.15, 0.2) is 24.3 Å². The van der Waals surface area contributed by atoms with Crippen molar-refractivity contribution >= 4 is 11.9 Å². The van der Waals surface area contributed by atoms with E-state index in [9.17, 15) is 14.7 Å². The van der Waals surface area contributed by atoms with Gasteiger partial charge in [0.05, 0.1) is 6.10 Å². The predicted molar refractivity (Wildman–Crippen MR) is 176 cm³/mol. The minimum atomic E-state index is -0.689.